The van der Waals surface area contributed by atoms with Crippen molar-refractivity contribution in [2.45, 2.75) is 84.3 Å². The molecule has 2 nitrogen and oxygen atoms in total. The average Bonchev–Trinajstić information content (AvgIpc) is 2.25. The Kier molecular flexibility index (Phi) is 10.6. The molecule has 0 N–H and O–H groups in total. The molecule has 0 fully saturated rings. The molecule has 0 aromatic carbocycles. The summed E-state index contributed by atoms with van der Waals surface area (Å²) in [5.41, 5.74) is 0.0567. The van der Waals surface area contributed by atoms with Crippen molar-refractivity contribution in [2.24, 2.45) is 4.99 Å². The Hall–Kier alpha value is 0.550. The summed E-state index contributed by atoms with van der Waals surface area (Å²) in [7, 11) is 0. The fraction of sp³-hybridized carbons (Fsp3) is 0.933. The number of ether oxygens (including phenoxy) is 1. The van der Waals surface area contributed by atoms with E-state index in [-0.39, 0.29) is 29.5 Å². The van der Waals surface area contributed by atoms with Gasteiger partial charge in [-0.3, -0.25) is 0 Å². The lowest BCUT2D eigenvalue weighted by atomic mass is 9.98. The van der Waals surface area contributed by atoms with Crippen LogP contribution in [0.2, 0.25) is 0 Å². The van der Waals surface area contributed by atoms with Gasteiger partial charge in [0.2, 0.25) is 5.23 Å². The van der Waals surface area contributed by atoms with Gasteiger partial charge in [-0.25, -0.2) is 4.99 Å². The van der Waals surface area contributed by atoms with E-state index in [4.69, 9.17) is 4.74 Å². The van der Waals surface area contributed by atoms with E-state index in [1.165, 1.54) is 38.5 Å². The van der Waals surface area contributed by atoms with Gasteiger partial charge in [0, 0.05) is 12.2 Å². The largest absolute Gasteiger partial charge is 0.470 e. The molecule has 1 unspecified atom stereocenters. The number of aliphatic imine (C=N–C) groups is 1. The van der Waals surface area contributed by atoms with Gasteiger partial charge in [0.05, 0.1) is 5.54 Å². The van der Waals surface area contributed by atoms with E-state index in [1.807, 2.05) is 0 Å². The van der Waals surface area contributed by atoms with Gasteiger partial charge < -0.3 is 4.74 Å². The van der Waals surface area contributed by atoms with Gasteiger partial charge in [0.25, 0.3) is 0 Å². The second-order valence-electron chi connectivity index (χ2n) is 5.94. The van der Waals surface area contributed by atoms with Gasteiger partial charge in [-0.1, -0.05) is 50.8 Å². The number of halogens is 1. The Morgan fingerprint density at radius 2 is 1.84 bits per heavy atom. The Morgan fingerprint density at radius 3 is 2.47 bits per heavy atom. The molecule has 0 amide bonds. The van der Waals surface area contributed by atoms with Crippen LogP contribution in [0, 0.1) is 0 Å². The fourth-order valence-corrected chi connectivity index (χ4v) is 3.41. The summed E-state index contributed by atoms with van der Waals surface area (Å²) in [4.78, 5) is 4.67. The number of rotatable bonds is 7. The highest BCUT2D eigenvalue weighted by Crippen LogP contribution is 2.27. The predicted octanol–water partition coefficient (Wildman–Crippen LogP) is 5.64. The smallest absolute Gasteiger partial charge is 0.246 e. The zero-order valence-electron chi connectivity index (χ0n) is 12.9. The van der Waals surface area contributed by atoms with E-state index in [0.29, 0.717) is 6.10 Å². The lowest BCUT2D eigenvalue weighted by Gasteiger charge is -2.31. The third-order valence-corrected chi connectivity index (χ3v) is 4.13. The van der Waals surface area contributed by atoms with Gasteiger partial charge in [0.15, 0.2) is 0 Å². The van der Waals surface area contributed by atoms with Gasteiger partial charge >= 0.3 is 0 Å². The molecule has 4 heteroatoms. The molecule has 114 valence electrons. The highest BCUT2D eigenvalue weighted by atomic mass is 127. The molecule has 1 rings (SSSR count). The summed E-state index contributed by atoms with van der Waals surface area (Å²) in [6, 6.07) is 0. The molecule has 1 atom stereocenters. The molecule has 19 heavy (non-hydrogen) atoms. The maximum absolute atomic E-state index is 5.78. The van der Waals surface area contributed by atoms with Crippen LogP contribution in [0.15, 0.2) is 4.99 Å². The second kappa shape index (κ2) is 10.3. The van der Waals surface area contributed by atoms with Crippen LogP contribution in [-0.2, 0) is 4.74 Å². The van der Waals surface area contributed by atoms with Crippen LogP contribution in [0.1, 0.15) is 72.6 Å². The molecule has 0 saturated carbocycles. The predicted molar refractivity (Wildman–Crippen MR) is 97.9 cm³/mol. The van der Waals surface area contributed by atoms with E-state index in [1.54, 1.807) is 11.8 Å². The quantitative estimate of drug-likeness (QED) is 0.408. The highest BCUT2D eigenvalue weighted by molar-refractivity contribution is 14.0. The number of thioether (sulfide) groups is 1. The monoisotopic (exact) mass is 399 g/mol. The summed E-state index contributed by atoms with van der Waals surface area (Å²) in [5, 5.41) is 0.910. The fourth-order valence-electron chi connectivity index (χ4n) is 2.34. The van der Waals surface area contributed by atoms with Crippen molar-refractivity contribution < 1.29 is 4.74 Å². The summed E-state index contributed by atoms with van der Waals surface area (Å²) in [6.07, 6.45) is 9.44. The van der Waals surface area contributed by atoms with Crippen molar-refractivity contribution in [2.75, 3.05) is 5.75 Å². The maximum Gasteiger partial charge on any atom is 0.246 e. The van der Waals surface area contributed by atoms with Crippen molar-refractivity contribution >= 4 is 41.0 Å². The third kappa shape index (κ3) is 9.16. The van der Waals surface area contributed by atoms with E-state index in [0.717, 1.165) is 17.4 Å². The zero-order valence-corrected chi connectivity index (χ0v) is 16.1. The van der Waals surface area contributed by atoms with Crippen molar-refractivity contribution in [3.8, 4) is 0 Å². The average molecular weight is 399 g/mol. The molecular formula is C15H30INOS. The first-order chi connectivity index (χ1) is 8.53. The Morgan fingerprint density at radius 1 is 1.21 bits per heavy atom. The molecule has 0 spiro atoms. The van der Waals surface area contributed by atoms with E-state index in [9.17, 15) is 0 Å². The van der Waals surface area contributed by atoms with Crippen molar-refractivity contribution in [1.82, 2.24) is 0 Å². The van der Waals surface area contributed by atoms with Crippen LogP contribution >= 0.6 is 35.7 Å². The lowest BCUT2D eigenvalue weighted by Crippen LogP contribution is -2.32. The molecule has 1 heterocycles. The Labute approximate surface area is 140 Å². The highest BCUT2D eigenvalue weighted by Gasteiger charge is 2.27. The molecule has 1 aliphatic heterocycles. The molecule has 0 aromatic rings. The number of hydrogen-bond acceptors (Lipinski definition) is 3. The maximum atomic E-state index is 5.78. The minimum atomic E-state index is 0. The molecular weight excluding hydrogens is 369 g/mol. The number of hydrogen-bond donors (Lipinski definition) is 0. The van der Waals surface area contributed by atoms with Gasteiger partial charge in [0.1, 0.15) is 6.10 Å². The van der Waals surface area contributed by atoms with Gasteiger partial charge in [-0.05, 0) is 27.2 Å². The second-order valence-corrected chi connectivity index (χ2v) is 6.99. The molecule has 0 bridgehead atoms. The van der Waals surface area contributed by atoms with Gasteiger partial charge in [-0.15, -0.1) is 24.0 Å². The first-order valence-corrected chi connectivity index (χ1v) is 8.41. The van der Waals surface area contributed by atoms with Crippen molar-refractivity contribution in [3.05, 3.63) is 0 Å². The molecule has 0 radical (unpaired) electrons. The van der Waals surface area contributed by atoms with E-state index >= 15 is 0 Å². The van der Waals surface area contributed by atoms with Crippen LogP contribution < -0.4 is 0 Å². The minimum Gasteiger partial charge on any atom is -0.470 e. The third-order valence-electron chi connectivity index (χ3n) is 3.21. The normalized spacial score (nSPS) is 21.3. The summed E-state index contributed by atoms with van der Waals surface area (Å²) in [6.45, 7) is 8.79. The van der Waals surface area contributed by atoms with Gasteiger partial charge in [-0.2, -0.15) is 0 Å². The summed E-state index contributed by atoms with van der Waals surface area (Å²) in [5.74, 6) is 1.15. The van der Waals surface area contributed by atoms with Crippen LogP contribution in [0.25, 0.3) is 0 Å². The van der Waals surface area contributed by atoms with E-state index in [2.05, 4.69) is 32.7 Å². The number of unbranched alkanes of at least 4 members (excludes halogenated alkanes) is 5. The van der Waals surface area contributed by atoms with Crippen LogP contribution in [0.3, 0.4) is 0 Å². The van der Waals surface area contributed by atoms with Crippen LogP contribution in [-0.4, -0.2) is 22.6 Å². The van der Waals surface area contributed by atoms with Crippen molar-refractivity contribution in [1.29, 1.82) is 0 Å². The Balaban J connectivity index is 0.00000324. The van der Waals surface area contributed by atoms with Crippen LogP contribution in [0.5, 0.6) is 0 Å². The SMILES string of the molecule is CCCCCCCCSC1=NC(C)(C)CC(C)O1.I. The molecule has 0 aromatic heterocycles. The first-order valence-electron chi connectivity index (χ1n) is 7.43. The summed E-state index contributed by atoms with van der Waals surface area (Å²) >= 11 is 1.79. The minimum absolute atomic E-state index is 0. The first kappa shape index (κ1) is 19.6. The molecule has 0 saturated heterocycles. The summed E-state index contributed by atoms with van der Waals surface area (Å²) < 4.78 is 5.78. The molecule has 1 aliphatic rings. The lowest BCUT2D eigenvalue weighted by molar-refractivity contribution is 0.152. The Bertz CT molecular complexity index is 269. The standard InChI is InChI=1S/C15H29NOS.HI/c1-5-6-7-8-9-10-11-18-14-16-15(3,4)12-13(2)17-14;/h13H,5-12H2,1-4H3;1H. The van der Waals surface area contributed by atoms with Crippen molar-refractivity contribution in [3.63, 3.8) is 0 Å². The zero-order chi connectivity index (χ0) is 13.4. The molecule has 0 aliphatic carbocycles. The number of nitrogens with zero attached hydrogens (tertiary/aromatic N) is 1. The van der Waals surface area contributed by atoms with E-state index < -0.39 is 0 Å². The van der Waals surface area contributed by atoms with Crippen LogP contribution in [0.4, 0.5) is 0 Å². The topological polar surface area (TPSA) is 21.6 Å².